The molecule has 0 saturated carbocycles. The number of nitrogens with two attached hydrogens (primary N) is 1. The predicted octanol–water partition coefficient (Wildman–Crippen LogP) is 2.12. The summed E-state index contributed by atoms with van der Waals surface area (Å²) in [4.78, 5) is 0.161. The molecule has 0 aromatic heterocycles. The average molecular weight is 291 g/mol. The second-order valence-corrected chi connectivity index (χ2v) is 7.52. The molecular weight excluding hydrogens is 272 g/mol. The van der Waals surface area contributed by atoms with Crippen molar-refractivity contribution in [2.24, 2.45) is 11.1 Å². The number of benzene rings is 1. The van der Waals surface area contributed by atoms with Crippen molar-refractivity contribution in [2.45, 2.75) is 32.2 Å². The second-order valence-electron chi connectivity index (χ2n) is 5.34. The molecule has 102 valence electrons. The van der Waals surface area contributed by atoms with Crippen molar-refractivity contribution in [2.75, 3.05) is 6.54 Å². The number of sulfonamides is 1. The lowest BCUT2D eigenvalue weighted by atomic mass is 9.98. The minimum absolute atomic E-state index is 0.117. The molecule has 6 heteroatoms. The Kier molecular flexibility index (Phi) is 4.78. The first-order valence-electron chi connectivity index (χ1n) is 5.64. The highest BCUT2D eigenvalue weighted by atomic mass is 35.5. The molecule has 0 spiro atoms. The summed E-state index contributed by atoms with van der Waals surface area (Å²) >= 11 is 5.95. The summed E-state index contributed by atoms with van der Waals surface area (Å²) in [5.41, 5.74) is 6.09. The van der Waals surface area contributed by atoms with Crippen molar-refractivity contribution in [1.29, 1.82) is 0 Å². The van der Waals surface area contributed by atoms with Gasteiger partial charge in [-0.3, -0.25) is 0 Å². The summed E-state index contributed by atoms with van der Waals surface area (Å²) in [6.45, 7) is 6.53. The number of nitrogens with one attached hydrogen (secondary N) is 1. The first-order chi connectivity index (χ1) is 8.15. The SMILES string of the molecule is CC(C)(C)CNS(=O)(=O)c1ccc(CN)c(Cl)c1. The Morgan fingerprint density at radius 1 is 1.33 bits per heavy atom. The highest BCUT2D eigenvalue weighted by molar-refractivity contribution is 7.89. The molecule has 3 N–H and O–H groups in total. The van der Waals surface area contributed by atoms with E-state index in [-0.39, 0.29) is 16.9 Å². The van der Waals surface area contributed by atoms with Crippen LogP contribution < -0.4 is 10.5 Å². The van der Waals surface area contributed by atoms with Gasteiger partial charge in [-0.1, -0.05) is 38.4 Å². The molecule has 0 unspecified atom stereocenters. The minimum Gasteiger partial charge on any atom is -0.326 e. The van der Waals surface area contributed by atoms with Crippen LogP contribution in [-0.2, 0) is 16.6 Å². The third-order valence-electron chi connectivity index (χ3n) is 2.35. The lowest BCUT2D eigenvalue weighted by molar-refractivity contribution is 0.407. The van der Waals surface area contributed by atoms with Gasteiger partial charge >= 0.3 is 0 Å². The molecule has 4 nitrogen and oxygen atoms in total. The van der Waals surface area contributed by atoms with E-state index in [0.29, 0.717) is 11.6 Å². The van der Waals surface area contributed by atoms with E-state index in [1.165, 1.54) is 12.1 Å². The summed E-state index contributed by atoms with van der Waals surface area (Å²) in [6.07, 6.45) is 0. The van der Waals surface area contributed by atoms with Crippen LogP contribution in [0.2, 0.25) is 5.02 Å². The van der Waals surface area contributed by atoms with Gasteiger partial charge in [0, 0.05) is 18.1 Å². The fourth-order valence-electron chi connectivity index (χ4n) is 1.26. The Morgan fingerprint density at radius 2 is 1.94 bits per heavy atom. The van der Waals surface area contributed by atoms with Gasteiger partial charge in [0.1, 0.15) is 0 Å². The Hall–Kier alpha value is -0.620. The van der Waals surface area contributed by atoms with Gasteiger partial charge in [0.25, 0.3) is 0 Å². The molecule has 0 fully saturated rings. The third kappa shape index (κ3) is 4.24. The van der Waals surface area contributed by atoms with Crippen LogP contribution >= 0.6 is 11.6 Å². The topological polar surface area (TPSA) is 72.2 Å². The third-order valence-corrected chi connectivity index (χ3v) is 4.10. The second kappa shape index (κ2) is 5.57. The maximum atomic E-state index is 12.0. The van der Waals surface area contributed by atoms with Crippen molar-refractivity contribution in [3.8, 4) is 0 Å². The van der Waals surface area contributed by atoms with E-state index >= 15 is 0 Å². The molecule has 1 rings (SSSR count). The van der Waals surface area contributed by atoms with Crippen molar-refractivity contribution in [1.82, 2.24) is 4.72 Å². The van der Waals surface area contributed by atoms with Gasteiger partial charge in [-0.05, 0) is 23.1 Å². The fraction of sp³-hybridized carbons (Fsp3) is 0.500. The van der Waals surface area contributed by atoms with Gasteiger partial charge in [0.15, 0.2) is 0 Å². The number of rotatable bonds is 4. The van der Waals surface area contributed by atoms with Crippen LogP contribution in [0.5, 0.6) is 0 Å². The maximum Gasteiger partial charge on any atom is 0.240 e. The van der Waals surface area contributed by atoms with E-state index in [2.05, 4.69) is 4.72 Å². The molecule has 0 atom stereocenters. The maximum absolute atomic E-state index is 12.0. The van der Waals surface area contributed by atoms with E-state index in [1.54, 1.807) is 6.07 Å². The summed E-state index contributed by atoms with van der Waals surface area (Å²) in [5, 5.41) is 0.371. The van der Waals surface area contributed by atoms with Crippen LogP contribution in [0.25, 0.3) is 0 Å². The normalized spacial score (nSPS) is 12.7. The van der Waals surface area contributed by atoms with E-state index < -0.39 is 10.0 Å². The number of halogens is 1. The average Bonchev–Trinajstić information content (AvgIpc) is 2.25. The van der Waals surface area contributed by atoms with Gasteiger partial charge in [-0.25, -0.2) is 13.1 Å². The van der Waals surface area contributed by atoms with Gasteiger partial charge < -0.3 is 5.73 Å². The Labute approximate surface area is 114 Å². The summed E-state index contributed by atoms with van der Waals surface area (Å²) in [6, 6.07) is 4.57. The number of hydrogen-bond acceptors (Lipinski definition) is 3. The van der Waals surface area contributed by atoms with Gasteiger partial charge in [0.2, 0.25) is 10.0 Å². The van der Waals surface area contributed by atoms with Crippen LogP contribution in [0.4, 0.5) is 0 Å². The lowest BCUT2D eigenvalue weighted by Crippen LogP contribution is -2.32. The molecule has 1 aromatic rings. The van der Waals surface area contributed by atoms with Gasteiger partial charge in [-0.15, -0.1) is 0 Å². The zero-order valence-corrected chi connectivity index (χ0v) is 12.4. The summed E-state index contributed by atoms with van der Waals surface area (Å²) in [5.74, 6) is 0. The van der Waals surface area contributed by atoms with Crippen LogP contribution in [0.1, 0.15) is 26.3 Å². The molecule has 0 aliphatic rings. The predicted molar refractivity (Wildman–Crippen MR) is 74.0 cm³/mol. The zero-order valence-electron chi connectivity index (χ0n) is 10.8. The molecule has 0 bridgehead atoms. The molecule has 0 aliphatic carbocycles. The first kappa shape index (κ1) is 15.4. The smallest absolute Gasteiger partial charge is 0.240 e. The molecule has 0 radical (unpaired) electrons. The van der Waals surface area contributed by atoms with E-state index in [4.69, 9.17) is 17.3 Å². The van der Waals surface area contributed by atoms with E-state index in [1.807, 2.05) is 20.8 Å². The van der Waals surface area contributed by atoms with Crippen molar-refractivity contribution in [3.63, 3.8) is 0 Å². The van der Waals surface area contributed by atoms with Crippen LogP contribution in [0.3, 0.4) is 0 Å². The van der Waals surface area contributed by atoms with Crippen LogP contribution in [0.15, 0.2) is 23.1 Å². The summed E-state index contributed by atoms with van der Waals surface area (Å²) < 4.78 is 26.6. The first-order valence-corrected chi connectivity index (χ1v) is 7.50. The molecule has 0 heterocycles. The fourth-order valence-corrected chi connectivity index (χ4v) is 2.89. The van der Waals surface area contributed by atoms with Gasteiger partial charge in [-0.2, -0.15) is 0 Å². The standard InChI is InChI=1S/C12H19ClN2O2S/c1-12(2,3)8-15-18(16,17)10-5-4-9(7-14)11(13)6-10/h4-6,15H,7-8,14H2,1-3H3. The van der Waals surface area contributed by atoms with Crippen molar-refractivity contribution in [3.05, 3.63) is 28.8 Å². The Balaban J connectivity index is 2.96. The largest absolute Gasteiger partial charge is 0.326 e. The lowest BCUT2D eigenvalue weighted by Gasteiger charge is -2.19. The molecule has 0 saturated heterocycles. The van der Waals surface area contributed by atoms with Crippen molar-refractivity contribution >= 4 is 21.6 Å². The van der Waals surface area contributed by atoms with Crippen molar-refractivity contribution < 1.29 is 8.42 Å². The van der Waals surface area contributed by atoms with Gasteiger partial charge in [0.05, 0.1) is 4.90 Å². The molecular formula is C12H19ClN2O2S. The number of hydrogen-bond donors (Lipinski definition) is 2. The molecule has 18 heavy (non-hydrogen) atoms. The Bertz CT molecular complexity index is 521. The van der Waals surface area contributed by atoms with Crippen LogP contribution in [0, 0.1) is 5.41 Å². The monoisotopic (exact) mass is 290 g/mol. The molecule has 1 aromatic carbocycles. The highest BCUT2D eigenvalue weighted by Gasteiger charge is 2.19. The summed E-state index contributed by atoms with van der Waals surface area (Å²) in [7, 11) is -3.52. The Morgan fingerprint density at radius 3 is 2.39 bits per heavy atom. The minimum atomic E-state index is -3.52. The highest BCUT2D eigenvalue weighted by Crippen LogP contribution is 2.21. The van der Waals surface area contributed by atoms with E-state index in [9.17, 15) is 8.42 Å². The van der Waals surface area contributed by atoms with Crippen LogP contribution in [-0.4, -0.2) is 15.0 Å². The molecule has 0 amide bonds. The van der Waals surface area contributed by atoms with E-state index in [0.717, 1.165) is 5.56 Å². The molecule has 0 aliphatic heterocycles. The zero-order chi connectivity index (χ0) is 14.0. The quantitative estimate of drug-likeness (QED) is 0.892.